The van der Waals surface area contributed by atoms with Crippen LogP contribution in [0.1, 0.15) is 60.3 Å². The second-order valence-corrected chi connectivity index (χ2v) is 9.37. The third-order valence-electron chi connectivity index (χ3n) is 5.79. The summed E-state index contributed by atoms with van der Waals surface area (Å²) in [4.78, 5) is 25.0. The molecule has 1 aliphatic carbocycles. The van der Waals surface area contributed by atoms with Gasteiger partial charge in [0.15, 0.2) is 5.43 Å². The van der Waals surface area contributed by atoms with Crippen LogP contribution >= 0.6 is 46.4 Å². The molecule has 0 saturated carbocycles. The molecule has 37 heavy (non-hydrogen) atoms. The summed E-state index contributed by atoms with van der Waals surface area (Å²) in [5, 5.41) is 20.4. The molecule has 0 saturated heterocycles. The Morgan fingerprint density at radius 3 is 1.86 bits per heavy atom. The first-order valence-electron chi connectivity index (χ1n) is 11.7. The molecular formula is C28H28Cl4O5. The highest BCUT2D eigenvalue weighted by atomic mass is 35.5. The fraction of sp³-hybridized carbons (Fsp3) is 0.286. The zero-order chi connectivity index (χ0) is 28.5. The summed E-state index contributed by atoms with van der Waals surface area (Å²) in [6.45, 7) is 14.6. The first-order valence-corrected chi connectivity index (χ1v) is 13.2. The number of aryl methyl sites for hydroxylation is 3. The Morgan fingerprint density at radius 1 is 0.784 bits per heavy atom. The van der Waals surface area contributed by atoms with E-state index in [4.69, 9.17) is 50.8 Å². The Balaban J connectivity index is 0.00000115. The van der Waals surface area contributed by atoms with Crippen molar-refractivity contribution >= 4 is 63.3 Å². The molecule has 0 fully saturated rings. The highest BCUT2D eigenvalue weighted by molar-refractivity contribution is 6.54. The third kappa shape index (κ3) is 5.03. The highest BCUT2D eigenvalue weighted by Crippen LogP contribution is 2.52. The van der Waals surface area contributed by atoms with Crippen molar-refractivity contribution in [1.82, 2.24) is 0 Å². The predicted molar refractivity (Wildman–Crippen MR) is 155 cm³/mol. The number of carboxylic acids is 1. The maximum absolute atomic E-state index is 12.7. The molecule has 0 bridgehead atoms. The molecule has 2 aromatic carbocycles. The lowest BCUT2D eigenvalue weighted by atomic mass is 9.87. The van der Waals surface area contributed by atoms with Crippen LogP contribution in [0.4, 0.5) is 0 Å². The summed E-state index contributed by atoms with van der Waals surface area (Å²) in [6, 6.07) is 3.27. The topological polar surface area (TPSA) is 87.7 Å². The third-order valence-corrected chi connectivity index (χ3v) is 7.60. The monoisotopic (exact) mass is 584 g/mol. The SMILES string of the molecule is CC.CC.Cc1cc2c(-c3c(Cl)c(Cl)c(Cl)c(Cl)c3C(=O)O)c3cc(C)c(=O)c(C)c-3oc2c(C)c1O. The molecule has 0 unspecified atom stereocenters. The number of aromatic carboxylic acids is 1. The van der Waals surface area contributed by atoms with Gasteiger partial charge in [-0.2, -0.15) is 0 Å². The van der Waals surface area contributed by atoms with Gasteiger partial charge in [-0.15, -0.1) is 0 Å². The number of fused-ring (bicyclic) bond motifs is 2. The fourth-order valence-corrected chi connectivity index (χ4v) is 5.15. The van der Waals surface area contributed by atoms with Crippen molar-refractivity contribution in [2.75, 3.05) is 0 Å². The lowest BCUT2D eigenvalue weighted by Crippen LogP contribution is -2.12. The van der Waals surface area contributed by atoms with Crippen molar-refractivity contribution < 1.29 is 19.4 Å². The van der Waals surface area contributed by atoms with Crippen molar-refractivity contribution in [3.05, 3.63) is 70.3 Å². The number of hydrogen-bond donors (Lipinski definition) is 2. The first-order chi connectivity index (χ1) is 17.4. The van der Waals surface area contributed by atoms with E-state index in [1.54, 1.807) is 39.8 Å². The molecule has 1 aliphatic heterocycles. The van der Waals surface area contributed by atoms with Crippen molar-refractivity contribution in [3.63, 3.8) is 0 Å². The molecular weight excluding hydrogens is 558 g/mol. The molecule has 198 valence electrons. The Bertz CT molecular complexity index is 1550. The molecule has 4 rings (SSSR count). The highest BCUT2D eigenvalue weighted by Gasteiger charge is 2.31. The van der Waals surface area contributed by atoms with Crippen LogP contribution in [0, 0.1) is 27.7 Å². The standard InChI is InChI=1S/C24H16Cl4O5.2C2H6/c1-7-5-11-13(14-15(24(31)32)17(26)19(28)18(27)16(14)25)12-6-8(2)21(30)10(4)23(12)33-22(11)9(3)20(7)29;2*1-2/h5-6,29H,1-4H3,(H,31,32);2*1-2H3. The van der Waals surface area contributed by atoms with Gasteiger partial charge in [-0.05, 0) is 51.0 Å². The largest absolute Gasteiger partial charge is 0.507 e. The van der Waals surface area contributed by atoms with Crippen LogP contribution in [0.15, 0.2) is 21.3 Å². The summed E-state index contributed by atoms with van der Waals surface area (Å²) in [6.07, 6.45) is 0. The van der Waals surface area contributed by atoms with Crippen molar-refractivity contribution in [2.24, 2.45) is 0 Å². The van der Waals surface area contributed by atoms with E-state index >= 15 is 0 Å². The van der Waals surface area contributed by atoms with Gasteiger partial charge in [-0.3, -0.25) is 4.79 Å². The van der Waals surface area contributed by atoms with E-state index < -0.39 is 5.97 Å². The number of halogens is 4. The van der Waals surface area contributed by atoms with E-state index in [1.807, 2.05) is 27.7 Å². The Labute approximate surface area is 235 Å². The molecule has 0 amide bonds. The molecule has 0 radical (unpaired) electrons. The minimum atomic E-state index is -1.36. The molecule has 5 nitrogen and oxygen atoms in total. The fourth-order valence-electron chi connectivity index (χ4n) is 4.12. The number of hydrogen-bond acceptors (Lipinski definition) is 4. The van der Waals surface area contributed by atoms with Gasteiger partial charge in [0.05, 0.1) is 25.7 Å². The van der Waals surface area contributed by atoms with Gasteiger partial charge < -0.3 is 14.6 Å². The summed E-state index contributed by atoms with van der Waals surface area (Å²) >= 11 is 25.4. The predicted octanol–water partition coefficient (Wildman–Crippen LogP) is 9.87. The Hall–Kier alpha value is -2.44. The number of benzene rings is 3. The minimum absolute atomic E-state index is 0.0142. The van der Waals surface area contributed by atoms with Crippen LogP contribution < -0.4 is 5.43 Å². The summed E-state index contributed by atoms with van der Waals surface area (Å²) in [5.41, 5.74) is 2.25. The average Bonchev–Trinajstić information content (AvgIpc) is 2.88. The molecule has 0 aromatic heterocycles. The Morgan fingerprint density at radius 2 is 1.32 bits per heavy atom. The molecule has 0 atom stereocenters. The summed E-state index contributed by atoms with van der Waals surface area (Å²) in [7, 11) is 0. The van der Waals surface area contributed by atoms with Gasteiger partial charge in [-0.25, -0.2) is 4.79 Å². The summed E-state index contributed by atoms with van der Waals surface area (Å²) < 4.78 is 6.12. The van der Waals surface area contributed by atoms with Gasteiger partial charge in [0.2, 0.25) is 0 Å². The van der Waals surface area contributed by atoms with Gasteiger partial charge in [0.25, 0.3) is 0 Å². The van der Waals surface area contributed by atoms with Gasteiger partial charge in [0.1, 0.15) is 17.1 Å². The molecule has 1 heterocycles. The second kappa shape index (κ2) is 12.0. The molecule has 2 aromatic rings. The number of carbonyl (C=O) groups is 1. The van der Waals surface area contributed by atoms with Crippen LogP contribution in [0.5, 0.6) is 5.75 Å². The van der Waals surface area contributed by atoms with Crippen LogP contribution in [-0.2, 0) is 0 Å². The first kappa shape index (κ1) is 30.8. The van der Waals surface area contributed by atoms with E-state index in [0.717, 1.165) is 0 Å². The second-order valence-electron chi connectivity index (χ2n) is 7.86. The number of phenolic OH excluding ortho intramolecular Hbond substituents is 1. The quantitative estimate of drug-likeness (QED) is 0.139. The summed E-state index contributed by atoms with van der Waals surface area (Å²) in [5.74, 6) is -1.12. The van der Waals surface area contributed by atoms with Crippen LogP contribution in [-0.4, -0.2) is 16.2 Å². The zero-order valence-electron chi connectivity index (χ0n) is 21.8. The van der Waals surface area contributed by atoms with E-state index in [0.29, 0.717) is 38.8 Å². The van der Waals surface area contributed by atoms with Crippen molar-refractivity contribution in [2.45, 2.75) is 55.4 Å². The van der Waals surface area contributed by atoms with Crippen LogP contribution in [0.3, 0.4) is 0 Å². The van der Waals surface area contributed by atoms with Crippen molar-refractivity contribution in [3.8, 4) is 28.2 Å². The van der Waals surface area contributed by atoms with Crippen molar-refractivity contribution in [1.29, 1.82) is 0 Å². The lowest BCUT2D eigenvalue weighted by Gasteiger charge is -2.22. The maximum atomic E-state index is 12.7. The van der Waals surface area contributed by atoms with Crippen LogP contribution in [0.25, 0.3) is 33.4 Å². The number of rotatable bonds is 2. The van der Waals surface area contributed by atoms with Gasteiger partial charge in [0, 0.05) is 33.2 Å². The smallest absolute Gasteiger partial charge is 0.337 e. The Kier molecular flexibility index (Phi) is 9.94. The maximum Gasteiger partial charge on any atom is 0.337 e. The number of aromatic hydroxyl groups is 1. The minimum Gasteiger partial charge on any atom is -0.507 e. The van der Waals surface area contributed by atoms with E-state index in [2.05, 4.69) is 0 Å². The number of carboxylic acid groups (broad SMARTS) is 1. The normalized spacial score (nSPS) is 10.6. The zero-order valence-corrected chi connectivity index (χ0v) is 24.8. The van der Waals surface area contributed by atoms with Gasteiger partial charge in [-0.1, -0.05) is 74.1 Å². The molecule has 9 heteroatoms. The van der Waals surface area contributed by atoms with E-state index in [1.165, 1.54) is 0 Å². The van der Waals surface area contributed by atoms with Gasteiger partial charge >= 0.3 is 5.97 Å². The lowest BCUT2D eigenvalue weighted by molar-refractivity contribution is 0.0698. The molecule has 0 spiro atoms. The number of phenols is 1. The molecule has 2 aliphatic rings. The van der Waals surface area contributed by atoms with E-state index in [9.17, 15) is 19.8 Å². The van der Waals surface area contributed by atoms with Crippen LogP contribution in [0.2, 0.25) is 20.1 Å². The van der Waals surface area contributed by atoms with E-state index in [-0.39, 0.29) is 53.7 Å². The average molecular weight is 586 g/mol. The molecule has 2 N–H and O–H groups in total.